The van der Waals surface area contributed by atoms with E-state index in [0.717, 1.165) is 92.3 Å². The monoisotopic (exact) mass is 1850 g/mol. The van der Waals surface area contributed by atoms with Gasteiger partial charge in [-0.25, -0.2) is 19.2 Å². The Labute approximate surface area is 760 Å². The molecule has 4 aliphatic heterocycles. The average molecular weight is 1850 g/mol. The van der Waals surface area contributed by atoms with Crippen LogP contribution in [0.15, 0.2) is 174 Å². The molecule has 3 saturated heterocycles. The van der Waals surface area contributed by atoms with Crippen molar-refractivity contribution in [2.75, 3.05) is 77.6 Å². The number of azide groups is 2. The second-order valence-electron chi connectivity index (χ2n) is 31.3. The predicted molar refractivity (Wildman–Crippen MR) is 497 cm³/mol. The predicted octanol–water partition coefficient (Wildman–Crippen LogP) is 14.7. The molecule has 38 heteroatoms. The molecule has 0 bridgehead atoms. The number of hydrogen-bond acceptors (Lipinski definition) is 25. The number of carbonyl (C=O) groups is 7. The van der Waals surface area contributed by atoms with Crippen LogP contribution in [0.1, 0.15) is 161 Å². The molecule has 128 heavy (non-hydrogen) atoms. The summed E-state index contributed by atoms with van der Waals surface area (Å²) in [4.78, 5) is 94.7. The SMILES string of the molecule is CC(C)C[C@H](NC(=O)OCc1ccccc1)C(=O)NCC(=O)CN(Cc1ccccc1)C(=O)[C@H](CC(C)C)NC(=O)OCc1ccccc1.CC(C)C[C@H](NC(=O)OCc1ccccc1)C(=O)O.CCC(CN=[N+]=[N-])OC1CCCC(COP)O1.CCC(O)CN=[N+]=[N-].NCC(CNc1ccccc1)OC1CCCC(COP)O1.OCC1CO1.POCC1CCC=CO1. The van der Waals surface area contributed by atoms with Crippen molar-refractivity contribution in [1.29, 1.82) is 0 Å². The number of nitrogens with one attached hydrogen (secondary N) is 5. The molecule has 5 aromatic carbocycles. The molecule has 0 spiro atoms. The van der Waals surface area contributed by atoms with E-state index >= 15 is 0 Å². The van der Waals surface area contributed by atoms with Crippen LogP contribution in [-0.4, -0.2) is 208 Å². The lowest BCUT2D eigenvalue weighted by atomic mass is 10.0. The average Bonchev–Trinajstić information content (AvgIpc) is 1.31. The maximum Gasteiger partial charge on any atom is 0.408 e. The molecule has 4 heterocycles. The van der Waals surface area contributed by atoms with Gasteiger partial charge in [0.25, 0.3) is 0 Å². The van der Waals surface area contributed by atoms with Crippen LogP contribution < -0.4 is 32.3 Å². The van der Waals surface area contributed by atoms with Gasteiger partial charge in [0.15, 0.2) is 18.4 Å². The molecule has 4 aliphatic rings. The number of nitrogens with zero attached hydrogens (tertiary/aromatic N) is 7. The van der Waals surface area contributed by atoms with Gasteiger partial charge in [0.05, 0.1) is 96.0 Å². The summed E-state index contributed by atoms with van der Waals surface area (Å²) in [5.74, 6) is -2.19. The second-order valence-corrected chi connectivity index (χ2v) is 32.3. The summed E-state index contributed by atoms with van der Waals surface area (Å²) >= 11 is 0. The molecule has 0 radical (unpaired) electrons. The molecule has 10 N–H and O–H groups in total. The Balaban J connectivity index is 0.000000440. The van der Waals surface area contributed by atoms with E-state index in [0.29, 0.717) is 65.1 Å². The molecule has 0 aliphatic carbocycles. The minimum absolute atomic E-state index is 0.0403. The first-order chi connectivity index (χ1) is 61.8. The van der Waals surface area contributed by atoms with E-state index in [-0.39, 0.29) is 120 Å². The molecule has 35 nitrogen and oxygen atoms in total. The minimum Gasteiger partial charge on any atom is -0.496 e. The molecule has 0 aromatic heterocycles. The number of benzene rings is 5. The van der Waals surface area contributed by atoms with Crippen LogP contribution >= 0.6 is 28.4 Å². The van der Waals surface area contributed by atoms with Gasteiger partial charge in [0.1, 0.15) is 50.2 Å². The Bertz CT molecular complexity index is 3930. The Kier molecular flexibility index (Phi) is 62.4. The van der Waals surface area contributed by atoms with Crippen molar-refractivity contribution < 1.29 is 105 Å². The van der Waals surface area contributed by atoms with Crippen LogP contribution in [0.4, 0.5) is 20.1 Å². The zero-order chi connectivity index (χ0) is 93.9. The summed E-state index contributed by atoms with van der Waals surface area (Å²) in [6.45, 7) is 19.4. The Hall–Kier alpha value is -9.20. The first-order valence-electron chi connectivity index (χ1n) is 43.3. The van der Waals surface area contributed by atoms with Crippen molar-refractivity contribution in [2.45, 2.75) is 239 Å². The van der Waals surface area contributed by atoms with Gasteiger partial charge in [-0.1, -0.05) is 205 Å². The molecule has 5 amide bonds. The van der Waals surface area contributed by atoms with Crippen LogP contribution in [0.5, 0.6) is 0 Å². The normalized spacial score (nSPS) is 17.7. The van der Waals surface area contributed by atoms with Gasteiger partial charge in [-0.05, 0) is 153 Å². The van der Waals surface area contributed by atoms with Gasteiger partial charge < -0.3 is 109 Å². The van der Waals surface area contributed by atoms with E-state index < -0.39 is 66.1 Å². The van der Waals surface area contributed by atoms with Gasteiger partial charge in [0.2, 0.25) is 11.8 Å². The summed E-state index contributed by atoms with van der Waals surface area (Å²) in [7, 11) is 6.71. The van der Waals surface area contributed by atoms with Crippen molar-refractivity contribution in [3.05, 3.63) is 207 Å². The van der Waals surface area contributed by atoms with Crippen molar-refractivity contribution in [2.24, 2.45) is 33.7 Å². The van der Waals surface area contributed by atoms with Crippen LogP contribution in [0.2, 0.25) is 0 Å². The summed E-state index contributed by atoms with van der Waals surface area (Å²) in [5.41, 5.74) is 26.2. The number of para-hydroxylation sites is 1. The van der Waals surface area contributed by atoms with Gasteiger partial charge in [0, 0.05) is 63.5 Å². The highest BCUT2D eigenvalue weighted by Crippen LogP contribution is 2.25. The summed E-state index contributed by atoms with van der Waals surface area (Å²) in [5, 5.41) is 46.1. The molecule has 15 atom stereocenters. The van der Waals surface area contributed by atoms with Crippen LogP contribution in [0.3, 0.4) is 0 Å². The smallest absolute Gasteiger partial charge is 0.408 e. The molecule has 12 unspecified atom stereocenters. The maximum atomic E-state index is 13.9. The fourth-order valence-electron chi connectivity index (χ4n) is 12.1. The molecule has 3 fully saturated rings. The largest absolute Gasteiger partial charge is 0.496 e. The van der Waals surface area contributed by atoms with Crippen LogP contribution in [0, 0.1) is 17.8 Å². The number of ether oxygens (including phenoxy) is 9. The van der Waals surface area contributed by atoms with Crippen molar-refractivity contribution in [3.63, 3.8) is 0 Å². The number of carboxylic acids is 1. The van der Waals surface area contributed by atoms with Gasteiger partial charge in [-0.15, -0.1) is 0 Å². The first-order valence-corrected chi connectivity index (χ1v) is 44.7. The minimum atomic E-state index is -1.05. The molecule has 0 saturated carbocycles. The number of rotatable bonds is 45. The van der Waals surface area contributed by atoms with Gasteiger partial charge in [-0.3, -0.25) is 14.4 Å². The lowest BCUT2D eigenvalue weighted by Crippen LogP contribution is -2.52. The standard InChI is InChI=1S/C38H48N4O7.C15H25N2O3P.C14H19NO4.C10H20N3O3P.C6H11O2P.C4H9N3O.C3H6O2/c1-27(2)20-33(40-37(46)48-25-30-16-10-6-11-17-30)35(44)39-22-32(43)24-42(23-29-14-8-5-9-15-29)36(45)34(21-28(3)4)41-38(47)49-26-31-18-12-7-13-19-31;16-9-14(10-17-12-5-2-1-3-6-12)20-15-8-4-7-13(19-15)11-18-21;1-10(2)8-12(13(16)17)15-14(18)19-9-11-6-4-3-5-7-11;1-2-8(6-12-13-11)15-10-5-3-4-9(16-10)7-14-17;9-8-5-6-3-1-2-4-7-6;1-2-4(8)3-6-7-5;4-1-3-2-5-3/h5-19,27-28,33-34H,20-26H2,1-4H3,(H,39,44)(H,40,46)(H,41,47);1-3,5-6,13-15,17H,4,7-11,16,21H2;3-7,10,12H,8-9H2,1-2H3,(H,15,18)(H,16,17);8-10H,2-7,17H2,1H3;2,4,6H,1,3,5,9H2;4,8H,2-3H2,1H3;3-4H,1-2H2/t33-,34-;;12-;;;;/m0.0..../s1. The quantitative estimate of drug-likeness (QED) is 0.00436. The number of anilines is 1. The molecular formula is C90H138N13O22P3. The number of amides is 5. The molecule has 710 valence electrons. The number of Topliss-reactive ketones (excluding diaryl/α,β-unsaturated/α-hetero) is 1. The second kappa shape index (κ2) is 70.7. The number of alkyl carbamates (subject to hydrolysis) is 3. The zero-order valence-electron chi connectivity index (χ0n) is 75.1. The number of ketones is 1. The third-order valence-electron chi connectivity index (χ3n) is 18.9. The van der Waals surface area contributed by atoms with E-state index in [9.17, 15) is 33.6 Å². The van der Waals surface area contributed by atoms with E-state index in [4.69, 9.17) is 83.6 Å². The molecular weight excluding hydrogens is 1710 g/mol. The molecule has 5 aromatic rings. The third kappa shape index (κ3) is 55.6. The number of nitrogens with two attached hydrogens (primary N) is 1. The highest BCUT2D eigenvalue weighted by molar-refractivity contribution is 7.10. The number of aliphatic hydroxyl groups excluding tert-OH is 2. The first kappa shape index (κ1) is 113. The van der Waals surface area contributed by atoms with Crippen LogP contribution in [0.25, 0.3) is 20.9 Å². The third-order valence-corrected chi connectivity index (χ3v) is 19.5. The van der Waals surface area contributed by atoms with E-state index in [1.807, 2.05) is 213 Å². The number of carboxylic acid groups (broad SMARTS) is 1. The lowest BCUT2D eigenvalue weighted by Gasteiger charge is -2.32. The fraction of sp³-hybridized carbons (Fsp3) is 0.567. The summed E-state index contributed by atoms with van der Waals surface area (Å²) in [6, 6.07) is 44.0. The van der Waals surface area contributed by atoms with E-state index in [1.165, 1.54) is 4.90 Å². The summed E-state index contributed by atoms with van der Waals surface area (Å²) < 4.78 is 63.7. The highest BCUT2D eigenvalue weighted by Gasteiger charge is 2.32. The zero-order valence-corrected chi connectivity index (χ0v) is 78.6. The number of hydrogen-bond donors (Lipinski definition) is 9. The van der Waals surface area contributed by atoms with Crippen molar-refractivity contribution in [3.8, 4) is 0 Å². The Morgan fingerprint density at radius 3 is 1.40 bits per heavy atom. The van der Waals surface area contributed by atoms with Gasteiger partial charge in [-0.2, -0.15) is 0 Å². The maximum absolute atomic E-state index is 13.9. The molecule has 9 rings (SSSR count). The summed E-state index contributed by atoms with van der Waals surface area (Å²) in [6.07, 6.45) is 11.9. The highest BCUT2D eigenvalue weighted by atomic mass is 31.0. The number of epoxide rings is 1. The number of aliphatic hydroxyl groups is 2. The number of allylic oxidation sites excluding steroid dienone is 1. The fourth-order valence-corrected chi connectivity index (χ4v) is 12.7. The number of aliphatic carboxylic acids is 1. The number of carbonyl (C=O) groups excluding carboxylic acids is 6. The lowest BCUT2D eigenvalue weighted by molar-refractivity contribution is -0.217. The van der Waals surface area contributed by atoms with Crippen LogP contribution in [-0.2, 0) is 102 Å². The Morgan fingerprint density at radius 1 is 0.562 bits per heavy atom. The topological polar surface area (TPSA) is 481 Å². The van der Waals surface area contributed by atoms with Gasteiger partial charge >= 0.3 is 24.2 Å². The van der Waals surface area contributed by atoms with Crippen molar-refractivity contribution in [1.82, 2.24) is 26.2 Å². The Morgan fingerprint density at radius 2 is 0.992 bits per heavy atom. The van der Waals surface area contributed by atoms with E-state index in [1.54, 1.807) is 6.26 Å². The van der Waals surface area contributed by atoms with E-state index in [2.05, 4.69) is 79.8 Å². The van der Waals surface area contributed by atoms with Crippen molar-refractivity contribution >= 4 is 75.9 Å².